The van der Waals surface area contributed by atoms with Gasteiger partial charge in [0.2, 0.25) is 18.7 Å². The molecule has 1 unspecified atom stereocenters. The molecular formula is C36H56N6O4. The lowest BCUT2D eigenvalue weighted by Gasteiger charge is -2.37. The first kappa shape index (κ1) is 38.4. The molecule has 0 bridgehead atoms. The first-order chi connectivity index (χ1) is 22.4. The lowest BCUT2D eigenvalue weighted by Crippen LogP contribution is -2.46. The fourth-order valence-electron chi connectivity index (χ4n) is 5.80. The number of rotatable bonds is 14. The second-order valence-electron chi connectivity index (χ2n) is 11.8. The molecule has 2 aliphatic rings. The largest absolute Gasteiger partial charge is 0.368 e. The lowest BCUT2D eigenvalue weighted by molar-refractivity contribution is -0.125. The number of anilines is 2. The Balaban J connectivity index is 0.00000114. The van der Waals surface area contributed by atoms with Crippen molar-refractivity contribution in [3.8, 4) is 0 Å². The van der Waals surface area contributed by atoms with Gasteiger partial charge in [-0.25, -0.2) is 0 Å². The van der Waals surface area contributed by atoms with E-state index in [2.05, 4.69) is 67.9 Å². The van der Waals surface area contributed by atoms with Crippen LogP contribution in [0.5, 0.6) is 0 Å². The second-order valence-corrected chi connectivity index (χ2v) is 11.8. The highest BCUT2D eigenvalue weighted by molar-refractivity contribution is 5.85. The number of amides is 3. The number of imide groups is 1. The van der Waals surface area contributed by atoms with Crippen molar-refractivity contribution in [2.45, 2.75) is 71.9 Å². The van der Waals surface area contributed by atoms with Gasteiger partial charge in [-0.05, 0) is 107 Å². The molecule has 0 spiro atoms. The van der Waals surface area contributed by atoms with Crippen molar-refractivity contribution in [2.75, 3.05) is 63.2 Å². The lowest BCUT2D eigenvalue weighted by atomic mass is 9.91. The molecule has 2 aromatic rings. The minimum absolute atomic E-state index is 0.125. The number of piperidine rings is 1. The summed E-state index contributed by atoms with van der Waals surface area (Å²) >= 11 is 0. The Morgan fingerprint density at radius 2 is 1.54 bits per heavy atom. The third kappa shape index (κ3) is 12.9. The van der Waals surface area contributed by atoms with Gasteiger partial charge >= 0.3 is 0 Å². The number of carbonyl (C=O) groups excluding carboxylic acids is 4. The van der Waals surface area contributed by atoms with Crippen molar-refractivity contribution in [3.05, 3.63) is 59.2 Å². The van der Waals surface area contributed by atoms with Crippen molar-refractivity contribution in [1.29, 1.82) is 0 Å². The number of aldehydes is 1. The summed E-state index contributed by atoms with van der Waals surface area (Å²) in [7, 11) is 3.56. The van der Waals surface area contributed by atoms with Crippen molar-refractivity contribution >= 4 is 36.4 Å². The van der Waals surface area contributed by atoms with Gasteiger partial charge in [0.05, 0.1) is 0 Å². The Hall–Kier alpha value is -3.76. The number of piperazine rings is 1. The molecule has 10 nitrogen and oxygen atoms in total. The molecule has 0 radical (unpaired) electrons. The van der Waals surface area contributed by atoms with Crippen LogP contribution in [0.4, 0.5) is 11.4 Å². The maximum Gasteiger partial charge on any atom is 0.226 e. The smallest absolute Gasteiger partial charge is 0.226 e. The summed E-state index contributed by atoms with van der Waals surface area (Å²) in [4.78, 5) is 49.9. The summed E-state index contributed by atoms with van der Waals surface area (Å²) in [5, 5.41) is 7.89. The average molecular weight is 637 g/mol. The van der Waals surface area contributed by atoms with Gasteiger partial charge in [0.1, 0.15) is 6.29 Å². The zero-order valence-corrected chi connectivity index (χ0v) is 28.6. The molecule has 254 valence electrons. The van der Waals surface area contributed by atoms with Crippen LogP contribution in [-0.2, 0) is 27.3 Å². The molecule has 3 amide bonds. The maximum atomic E-state index is 11.8. The molecule has 4 rings (SSSR count). The number of aryl methyl sites for hydroxylation is 1. The highest BCUT2D eigenvalue weighted by atomic mass is 16.2. The van der Waals surface area contributed by atoms with E-state index in [4.69, 9.17) is 4.79 Å². The zero-order chi connectivity index (χ0) is 33.7. The quantitative estimate of drug-likeness (QED) is 0.267. The molecule has 0 saturated carbocycles. The van der Waals surface area contributed by atoms with Crippen LogP contribution in [0.1, 0.15) is 74.4 Å². The van der Waals surface area contributed by atoms with Gasteiger partial charge in [-0.2, -0.15) is 0 Å². The molecule has 10 heteroatoms. The molecule has 0 aliphatic carbocycles. The van der Waals surface area contributed by atoms with Crippen LogP contribution in [-0.4, -0.2) is 89.3 Å². The Morgan fingerprint density at radius 3 is 2.11 bits per heavy atom. The van der Waals surface area contributed by atoms with Crippen LogP contribution in [0.3, 0.4) is 0 Å². The van der Waals surface area contributed by atoms with Crippen LogP contribution >= 0.6 is 0 Å². The summed E-state index contributed by atoms with van der Waals surface area (Å²) in [6, 6.07) is 15.4. The Bertz CT molecular complexity index is 1180. The van der Waals surface area contributed by atoms with E-state index in [1.165, 1.54) is 50.0 Å². The molecule has 2 saturated heterocycles. The number of nitrogens with one attached hydrogen (secondary N) is 3. The van der Waals surface area contributed by atoms with Crippen LogP contribution in [0.25, 0.3) is 0 Å². The third-order valence-corrected chi connectivity index (χ3v) is 8.80. The van der Waals surface area contributed by atoms with Gasteiger partial charge in [-0.3, -0.25) is 29.4 Å². The molecule has 2 aromatic carbocycles. The monoisotopic (exact) mass is 636 g/mol. The third-order valence-electron chi connectivity index (χ3n) is 8.80. The standard InChI is InChI=1S/C32H45N5O3.C2H5NO.C2H6/c1-25(3-12-32(40)34-24-39)35(2)22-29-21-31(11-8-28(29)23-38)37-19-17-36(18-20-37)30-9-6-26(7-10-30)4-5-27-13-15-33-16-14-27;1-3-2-4;1-2/h6-11,21,23-25,27,33H,3-5,12-20,22H2,1-2H3,(H,34,39,40);2H,1H3,(H,3,4);1-2H3. The van der Waals surface area contributed by atoms with Gasteiger partial charge in [0.15, 0.2) is 0 Å². The second kappa shape index (κ2) is 21.9. The number of hydrogen-bond donors (Lipinski definition) is 3. The maximum absolute atomic E-state index is 11.8. The fourth-order valence-corrected chi connectivity index (χ4v) is 5.80. The molecule has 46 heavy (non-hydrogen) atoms. The molecule has 1 atom stereocenters. The summed E-state index contributed by atoms with van der Waals surface area (Å²) in [6.45, 7) is 12.8. The van der Waals surface area contributed by atoms with Gasteiger partial charge in [0, 0.05) is 69.2 Å². The molecule has 2 heterocycles. The van der Waals surface area contributed by atoms with Crippen LogP contribution in [0.15, 0.2) is 42.5 Å². The topological polar surface area (TPSA) is 114 Å². The zero-order valence-electron chi connectivity index (χ0n) is 28.6. The number of nitrogens with zero attached hydrogens (tertiary/aromatic N) is 3. The SMILES string of the molecule is CC.CC(CCC(=O)NC=O)N(C)Cc1cc(N2CCN(c3ccc(CCC4CCNCC4)cc3)CC2)ccc1C=O.CNC=O. The van der Waals surface area contributed by atoms with Gasteiger partial charge in [-0.1, -0.05) is 26.0 Å². The van der Waals surface area contributed by atoms with Crippen LogP contribution < -0.4 is 25.8 Å². The highest BCUT2D eigenvalue weighted by Gasteiger charge is 2.20. The number of carbonyl (C=O) groups is 4. The van der Waals surface area contributed by atoms with E-state index in [1.807, 2.05) is 33.0 Å². The van der Waals surface area contributed by atoms with E-state index < -0.39 is 0 Å². The van der Waals surface area contributed by atoms with Crippen molar-refractivity contribution in [2.24, 2.45) is 5.92 Å². The molecule has 2 aliphatic heterocycles. The summed E-state index contributed by atoms with van der Waals surface area (Å²) < 4.78 is 0. The molecule has 2 fully saturated rings. The van der Waals surface area contributed by atoms with E-state index in [-0.39, 0.29) is 18.4 Å². The van der Waals surface area contributed by atoms with Crippen LogP contribution in [0, 0.1) is 5.92 Å². The van der Waals surface area contributed by atoms with Crippen LogP contribution in [0.2, 0.25) is 0 Å². The summed E-state index contributed by atoms with van der Waals surface area (Å²) in [5.74, 6) is 0.592. The summed E-state index contributed by atoms with van der Waals surface area (Å²) in [6.07, 6.45) is 7.96. The van der Waals surface area contributed by atoms with E-state index in [1.54, 1.807) is 7.05 Å². The Morgan fingerprint density at radius 1 is 0.957 bits per heavy atom. The molecule has 3 N–H and O–H groups in total. The predicted octanol–water partition coefficient (Wildman–Crippen LogP) is 4.02. The normalized spacial score (nSPS) is 15.4. The summed E-state index contributed by atoms with van der Waals surface area (Å²) in [5.41, 5.74) is 5.55. The minimum atomic E-state index is -0.270. The Kier molecular flexibility index (Phi) is 18.3. The average Bonchev–Trinajstić information content (AvgIpc) is 3.11. The highest BCUT2D eigenvalue weighted by Crippen LogP contribution is 2.25. The van der Waals surface area contributed by atoms with Gasteiger partial charge < -0.3 is 20.4 Å². The first-order valence-corrected chi connectivity index (χ1v) is 16.8. The van der Waals surface area contributed by atoms with E-state index in [0.717, 1.165) is 49.6 Å². The van der Waals surface area contributed by atoms with Gasteiger partial charge in [-0.15, -0.1) is 0 Å². The minimum Gasteiger partial charge on any atom is -0.368 e. The van der Waals surface area contributed by atoms with Crippen molar-refractivity contribution < 1.29 is 19.2 Å². The van der Waals surface area contributed by atoms with E-state index in [9.17, 15) is 14.4 Å². The van der Waals surface area contributed by atoms with Crippen molar-refractivity contribution in [1.82, 2.24) is 20.9 Å². The van der Waals surface area contributed by atoms with E-state index in [0.29, 0.717) is 31.3 Å². The first-order valence-electron chi connectivity index (χ1n) is 16.8. The van der Waals surface area contributed by atoms with Crippen molar-refractivity contribution in [3.63, 3.8) is 0 Å². The predicted molar refractivity (Wildman–Crippen MR) is 187 cm³/mol. The Labute approximate surface area is 276 Å². The molecule has 0 aromatic heterocycles. The fraction of sp³-hybridized carbons (Fsp3) is 0.556. The molecular weight excluding hydrogens is 580 g/mol. The number of benzene rings is 2. The number of hydrogen-bond acceptors (Lipinski definition) is 8. The van der Waals surface area contributed by atoms with E-state index >= 15 is 0 Å². The van der Waals surface area contributed by atoms with Gasteiger partial charge in [0.25, 0.3) is 0 Å².